The summed E-state index contributed by atoms with van der Waals surface area (Å²) in [6, 6.07) is 1.82. The van der Waals surface area contributed by atoms with Gasteiger partial charge in [-0.05, 0) is 49.7 Å². The van der Waals surface area contributed by atoms with Crippen molar-refractivity contribution in [3.63, 3.8) is 0 Å². The molecule has 1 aromatic carbocycles. The summed E-state index contributed by atoms with van der Waals surface area (Å²) in [5, 5.41) is 23.6. The Hall–Kier alpha value is -4.20. The number of carboxylic acid groups (broad SMARTS) is 1. The molecule has 2 aliphatic carbocycles. The number of halogens is 1. The van der Waals surface area contributed by atoms with E-state index in [1.54, 1.807) is 26.0 Å². The van der Waals surface area contributed by atoms with Gasteiger partial charge in [-0.15, -0.1) is 6.58 Å². The lowest BCUT2D eigenvalue weighted by Crippen LogP contribution is -2.58. The van der Waals surface area contributed by atoms with Crippen LogP contribution < -0.4 is 5.32 Å². The number of hydroxylamine groups is 2. The van der Waals surface area contributed by atoms with Gasteiger partial charge in [0.1, 0.15) is 35.6 Å². The fraction of sp³-hybridized carbons (Fsp3) is 0.594. The molecule has 3 N–H and O–H groups in total. The molecule has 4 amide bonds. The van der Waals surface area contributed by atoms with Crippen molar-refractivity contribution < 1.29 is 48.2 Å². The van der Waals surface area contributed by atoms with Crippen molar-refractivity contribution in [2.45, 2.75) is 102 Å². The molecule has 0 radical (unpaired) electrons. The van der Waals surface area contributed by atoms with E-state index in [1.165, 1.54) is 17.0 Å². The lowest BCUT2D eigenvalue weighted by Gasteiger charge is -2.34. The highest BCUT2D eigenvalue weighted by atomic mass is 19.1. The topological polar surface area (TPSA) is 166 Å². The van der Waals surface area contributed by atoms with Gasteiger partial charge >= 0.3 is 18.2 Å². The molecule has 13 nitrogen and oxygen atoms in total. The molecule has 250 valence electrons. The first-order valence-corrected chi connectivity index (χ1v) is 15.7. The first-order chi connectivity index (χ1) is 21.9. The number of carbonyl (C=O) groups is 5. The van der Waals surface area contributed by atoms with Crippen LogP contribution in [-0.2, 0) is 36.9 Å². The quantitative estimate of drug-likeness (QED) is 0.207. The maximum atomic E-state index is 14.3. The molecule has 3 fully saturated rings. The molecular weight excluding hydrogens is 603 g/mol. The van der Waals surface area contributed by atoms with Crippen LogP contribution in [-0.4, -0.2) is 91.5 Å². The van der Waals surface area contributed by atoms with Crippen LogP contribution in [0.5, 0.6) is 0 Å². The number of rotatable bonds is 9. The summed E-state index contributed by atoms with van der Waals surface area (Å²) >= 11 is 0. The molecule has 14 heteroatoms. The van der Waals surface area contributed by atoms with E-state index in [0.717, 1.165) is 24.2 Å². The number of amides is 4. The molecule has 0 aromatic heterocycles. The van der Waals surface area contributed by atoms with E-state index in [4.69, 9.17) is 9.47 Å². The normalized spacial score (nSPS) is 26.2. The van der Waals surface area contributed by atoms with E-state index in [-0.39, 0.29) is 43.6 Å². The second kappa shape index (κ2) is 13.3. The van der Waals surface area contributed by atoms with Gasteiger partial charge in [-0.1, -0.05) is 38.5 Å². The van der Waals surface area contributed by atoms with Gasteiger partial charge in [0.15, 0.2) is 0 Å². The zero-order chi connectivity index (χ0) is 33.3. The third kappa shape index (κ3) is 6.53. The van der Waals surface area contributed by atoms with Gasteiger partial charge in [-0.2, -0.15) is 5.06 Å². The predicted octanol–water partition coefficient (Wildman–Crippen LogP) is 3.58. The fourth-order valence-electron chi connectivity index (χ4n) is 6.76. The molecule has 5 atom stereocenters. The van der Waals surface area contributed by atoms with Crippen molar-refractivity contribution in [3.05, 3.63) is 47.8 Å². The summed E-state index contributed by atoms with van der Waals surface area (Å²) in [6.07, 6.45) is 2.21. The van der Waals surface area contributed by atoms with Gasteiger partial charge < -0.3 is 24.8 Å². The Morgan fingerprint density at radius 3 is 2.43 bits per heavy atom. The number of fused-ring (bicyclic) bond motifs is 1. The number of benzene rings is 1. The number of hydrogen-bond donors (Lipinski definition) is 3. The average molecular weight is 645 g/mol. The second-order valence-electron chi connectivity index (χ2n) is 13.0. The third-order valence-corrected chi connectivity index (χ3v) is 9.48. The van der Waals surface area contributed by atoms with Gasteiger partial charge in [0.05, 0.1) is 13.1 Å². The van der Waals surface area contributed by atoms with E-state index < -0.39 is 71.3 Å². The van der Waals surface area contributed by atoms with Gasteiger partial charge in [0.25, 0.3) is 0 Å². The molecule has 2 unspecified atom stereocenters. The minimum atomic E-state index is -1.59. The average Bonchev–Trinajstić information content (AvgIpc) is 3.32. The Labute approximate surface area is 266 Å². The fourth-order valence-corrected chi connectivity index (χ4v) is 6.76. The highest BCUT2D eigenvalue weighted by molar-refractivity contribution is 5.96. The maximum Gasteiger partial charge on any atom is 0.434 e. The van der Waals surface area contributed by atoms with E-state index in [1.807, 2.05) is 0 Å². The van der Waals surface area contributed by atoms with Gasteiger partial charge in [-0.25, -0.2) is 18.8 Å². The third-order valence-electron chi connectivity index (χ3n) is 9.48. The Bertz CT molecular complexity index is 1400. The number of likely N-dealkylation sites (tertiary alicyclic amines) is 1. The van der Waals surface area contributed by atoms with Crippen molar-refractivity contribution in [1.29, 1.82) is 0 Å². The van der Waals surface area contributed by atoms with Crippen LogP contribution in [0.25, 0.3) is 0 Å². The number of nitrogens with one attached hydrogen (secondary N) is 1. The molecule has 46 heavy (non-hydrogen) atoms. The minimum Gasteiger partial charge on any atom is -0.479 e. The van der Waals surface area contributed by atoms with Gasteiger partial charge in [-0.3, -0.25) is 19.7 Å². The molecule has 0 spiro atoms. The molecule has 2 heterocycles. The van der Waals surface area contributed by atoms with Crippen molar-refractivity contribution in [2.24, 2.45) is 11.8 Å². The number of carboxylic acids is 1. The van der Waals surface area contributed by atoms with Crippen LogP contribution in [0.1, 0.15) is 69.9 Å². The summed E-state index contributed by atoms with van der Waals surface area (Å²) in [5.41, 5.74) is -0.568. The van der Waals surface area contributed by atoms with Gasteiger partial charge in [0, 0.05) is 24.4 Å². The van der Waals surface area contributed by atoms with Crippen molar-refractivity contribution in [3.8, 4) is 0 Å². The molecule has 1 aromatic rings. The van der Waals surface area contributed by atoms with Crippen LogP contribution in [0.4, 0.5) is 14.0 Å². The number of aliphatic carboxylic acids is 1. The number of carbonyl (C=O) groups excluding carboxylic acids is 4. The van der Waals surface area contributed by atoms with E-state index >= 15 is 0 Å². The summed E-state index contributed by atoms with van der Waals surface area (Å²) in [7, 11) is 0. The van der Waals surface area contributed by atoms with Gasteiger partial charge in [0.2, 0.25) is 11.8 Å². The molecule has 2 aliphatic heterocycles. The van der Waals surface area contributed by atoms with Crippen molar-refractivity contribution in [1.82, 2.24) is 20.2 Å². The molecular formula is C32H41FN4O9. The van der Waals surface area contributed by atoms with Crippen molar-refractivity contribution >= 4 is 30.0 Å². The maximum absolute atomic E-state index is 14.3. The number of hydrogen-bond acceptors (Lipinski definition) is 8. The van der Waals surface area contributed by atoms with Crippen LogP contribution in [0.15, 0.2) is 30.9 Å². The number of nitrogens with zero attached hydrogens (tertiary/aromatic N) is 3. The zero-order valence-electron chi connectivity index (χ0n) is 26.0. The van der Waals surface area contributed by atoms with Crippen LogP contribution >= 0.6 is 0 Å². The second-order valence-corrected chi connectivity index (χ2v) is 13.0. The Morgan fingerprint density at radius 2 is 1.83 bits per heavy atom. The summed E-state index contributed by atoms with van der Waals surface area (Å²) in [5.74, 6) is -4.42. The summed E-state index contributed by atoms with van der Waals surface area (Å²) in [6.45, 7) is 6.70. The molecule has 1 saturated heterocycles. The zero-order valence-corrected chi connectivity index (χ0v) is 26.0. The smallest absolute Gasteiger partial charge is 0.434 e. The van der Waals surface area contributed by atoms with E-state index in [9.17, 15) is 38.7 Å². The standard InChI is InChI=1S/C32H41FN4O9/c1-4-20-14-32(20,29(40)41)34-27(38)25-13-22(46-30(42)35-15-19-9-8-12-24(33)23(19)17-35)16-36(25)28(39)26(18(2)3)37(44)31(43)45-21-10-6-5-7-11-21/h4,8-9,12,18,20-22,25-26,44H,1,5-7,10-11,13-17H2,2-3H3,(H,34,38)(H,40,41)/t20-,22-,25+,26?,32?/m1/s1. The molecule has 5 rings (SSSR count). The Kier molecular flexibility index (Phi) is 9.57. The molecule has 2 saturated carbocycles. The predicted molar refractivity (Wildman–Crippen MR) is 158 cm³/mol. The SMILES string of the molecule is C=C[C@@H]1CC1(NC(=O)[C@@H]1C[C@@H](OC(=O)N2Cc3cccc(F)c3C2)CN1C(=O)C(C(C)C)N(O)C(=O)OC1CCCCC1)C(=O)O. The monoisotopic (exact) mass is 644 g/mol. The van der Waals surface area contributed by atoms with Crippen molar-refractivity contribution in [2.75, 3.05) is 6.54 Å². The lowest BCUT2D eigenvalue weighted by molar-refractivity contribution is -0.164. The van der Waals surface area contributed by atoms with Crippen LogP contribution in [0.3, 0.4) is 0 Å². The highest BCUT2D eigenvalue weighted by Gasteiger charge is 2.61. The first kappa shape index (κ1) is 33.2. The highest BCUT2D eigenvalue weighted by Crippen LogP contribution is 2.45. The number of ether oxygens (including phenoxy) is 2. The Balaban J connectivity index is 1.34. The van der Waals surface area contributed by atoms with E-state index in [2.05, 4.69) is 11.9 Å². The first-order valence-electron chi connectivity index (χ1n) is 15.7. The largest absolute Gasteiger partial charge is 0.479 e. The Morgan fingerprint density at radius 1 is 1.11 bits per heavy atom. The summed E-state index contributed by atoms with van der Waals surface area (Å²) in [4.78, 5) is 68.3. The molecule has 4 aliphatic rings. The molecule has 0 bridgehead atoms. The van der Waals surface area contributed by atoms with Crippen LogP contribution in [0.2, 0.25) is 0 Å². The summed E-state index contributed by atoms with van der Waals surface area (Å²) < 4.78 is 25.5. The lowest BCUT2D eigenvalue weighted by atomic mass is 9.98. The van der Waals surface area contributed by atoms with E-state index in [0.29, 0.717) is 24.0 Å². The minimum absolute atomic E-state index is 0.0117. The van der Waals surface area contributed by atoms with Crippen LogP contribution in [0, 0.1) is 17.7 Å².